The number of methoxy groups -OCH3 is 1. The Morgan fingerprint density at radius 1 is 1.04 bits per heavy atom. The molecule has 0 unspecified atom stereocenters. The Bertz CT molecular complexity index is 833. The van der Waals surface area contributed by atoms with Gasteiger partial charge in [-0.1, -0.05) is 30.3 Å². The molecule has 3 rings (SSSR count). The fourth-order valence-corrected chi connectivity index (χ4v) is 2.23. The van der Waals surface area contributed by atoms with Crippen LogP contribution in [0.3, 0.4) is 0 Å². The van der Waals surface area contributed by atoms with E-state index in [2.05, 4.69) is 14.7 Å². The maximum absolute atomic E-state index is 13.6. The smallest absolute Gasteiger partial charge is 0.340 e. The molecule has 23 heavy (non-hydrogen) atoms. The van der Waals surface area contributed by atoms with Crippen LogP contribution < -0.4 is 0 Å². The number of nitrogens with zero attached hydrogens (tertiary/aromatic N) is 2. The van der Waals surface area contributed by atoms with Gasteiger partial charge in [0.15, 0.2) is 5.82 Å². The van der Waals surface area contributed by atoms with Gasteiger partial charge < -0.3 is 4.74 Å². The van der Waals surface area contributed by atoms with E-state index in [1.165, 1.54) is 13.2 Å². The average molecular weight is 308 g/mol. The van der Waals surface area contributed by atoms with Crippen LogP contribution in [0.15, 0.2) is 61.1 Å². The van der Waals surface area contributed by atoms with Gasteiger partial charge >= 0.3 is 5.97 Å². The number of halogens is 1. The van der Waals surface area contributed by atoms with Gasteiger partial charge in [0.1, 0.15) is 0 Å². The first kappa shape index (κ1) is 14.8. The van der Waals surface area contributed by atoms with Crippen LogP contribution in [0.1, 0.15) is 10.4 Å². The highest BCUT2D eigenvalue weighted by molar-refractivity contribution is 5.90. The summed E-state index contributed by atoms with van der Waals surface area (Å²) in [5, 5.41) is 0. The third-order valence-electron chi connectivity index (χ3n) is 3.44. The Morgan fingerprint density at radius 2 is 1.78 bits per heavy atom. The average Bonchev–Trinajstić information content (AvgIpc) is 2.62. The van der Waals surface area contributed by atoms with Gasteiger partial charge in [-0.25, -0.2) is 9.18 Å². The lowest BCUT2D eigenvalue weighted by molar-refractivity contribution is 0.0595. The molecule has 4 nitrogen and oxygen atoms in total. The van der Waals surface area contributed by atoms with Crippen molar-refractivity contribution in [1.29, 1.82) is 0 Å². The normalized spacial score (nSPS) is 10.3. The van der Waals surface area contributed by atoms with E-state index in [-0.39, 0.29) is 5.56 Å². The predicted molar refractivity (Wildman–Crippen MR) is 84.2 cm³/mol. The van der Waals surface area contributed by atoms with Crippen LogP contribution in [0, 0.1) is 5.82 Å². The minimum absolute atomic E-state index is 0.131. The van der Waals surface area contributed by atoms with Crippen molar-refractivity contribution in [2.24, 2.45) is 0 Å². The van der Waals surface area contributed by atoms with Gasteiger partial charge in [-0.3, -0.25) is 9.97 Å². The first-order valence-corrected chi connectivity index (χ1v) is 6.94. The molecule has 0 amide bonds. The van der Waals surface area contributed by atoms with Gasteiger partial charge in [-0.05, 0) is 23.3 Å². The van der Waals surface area contributed by atoms with Crippen LogP contribution in [0.4, 0.5) is 4.39 Å². The predicted octanol–water partition coefficient (Wildman–Crippen LogP) is 3.74. The molecule has 5 heteroatoms. The van der Waals surface area contributed by atoms with E-state index >= 15 is 0 Å². The van der Waals surface area contributed by atoms with E-state index in [0.717, 1.165) is 22.9 Å². The maximum Gasteiger partial charge on any atom is 0.340 e. The largest absolute Gasteiger partial charge is 0.465 e. The summed E-state index contributed by atoms with van der Waals surface area (Å²) < 4.78 is 18.2. The van der Waals surface area contributed by atoms with E-state index in [9.17, 15) is 9.18 Å². The Labute approximate surface area is 132 Å². The van der Waals surface area contributed by atoms with Crippen molar-refractivity contribution in [2.45, 2.75) is 0 Å². The lowest BCUT2D eigenvalue weighted by Gasteiger charge is -2.06. The number of carbonyl (C=O) groups excluding carboxylic acids is 1. The van der Waals surface area contributed by atoms with Crippen molar-refractivity contribution >= 4 is 5.97 Å². The molecule has 0 saturated heterocycles. The molecule has 0 aliphatic heterocycles. The summed E-state index contributed by atoms with van der Waals surface area (Å²) in [6.45, 7) is 0. The Morgan fingerprint density at radius 3 is 2.43 bits per heavy atom. The van der Waals surface area contributed by atoms with Crippen LogP contribution >= 0.6 is 0 Å². The van der Waals surface area contributed by atoms with Gasteiger partial charge in [-0.2, -0.15) is 0 Å². The molecule has 0 aliphatic rings. The lowest BCUT2D eigenvalue weighted by atomic mass is 10.0. The molecule has 2 aromatic heterocycles. The molecule has 2 heterocycles. The summed E-state index contributed by atoms with van der Waals surface area (Å²) in [4.78, 5) is 19.7. The third kappa shape index (κ3) is 3.08. The Balaban J connectivity index is 1.95. The van der Waals surface area contributed by atoms with E-state index in [1.807, 2.05) is 36.4 Å². The van der Waals surface area contributed by atoms with Crippen LogP contribution in [-0.4, -0.2) is 23.0 Å². The topological polar surface area (TPSA) is 52.1 Å². The Kier molecular flexibility index (Phi) is 4.10. The van der Waals surface area contributed by atoms with E-state index < -0.39 is 11.8 Å². The highest BCUT2D eigenvalue weighted by Gasteiger charge is 2.14. The SMILES string of the molecule is COC(=O)c1cc(-c2ccc(-c3cccnc3)cc2)ncc1F. The van der Waals surface area contributed by atoms with Crippen molar-refractivity contribution in [3.8, 4) is 22.4 Å². The first-order valence-electron chi connectivity index (χ1n) is 6.94. The lowest BCUT2D eigenvalue weighted by Crippen LogP contribution is -2.05. The molecule has 0 spiro atoms. The molecule has 0 aliphatic carbocycles. The number of carbonyl (C=O) groups is 1. The molecule has 1 aromatic carbocycles. The third-order valence-corrected chi connectivity index (χ3v) is 3.44. The zero-order valence-electron chi connectivity index (χ0n) is 12.4. The van der Waals surface area contributed by atoms with Crippen molar-refractivity contribution in [3.05, 3.63) is 72.4 Å². The van der Waals surface area contributed by atoms with Crippen LogP contribution in [-0.2, 0) is 4.74 Å². The summed E-state index contributed by atoms with van der Waals surface area (Å²) in [6.07, 6.45) is 4.52. The molecule has 114 valence electrons. The van der Waals surface area contributed by atoms with Crippen LogP contribution in [0.5, 0.6) is 0 Å². The quantitative estimate of drug-likeness (QED) is 0.692. The number of aromatic nitrogens is 2. The zero-order chi connectivity index (χ0) is 16.2. The second kappa shape index (κ2) is 6.36. The highest BCUT2D eigenvalue weighted by atomic mass is 19.1. The minimum Gasteiger partial charge on any atom is -0.465 e. The van der Waals surface area contributed by atoms with E-state index in [4.69, 9.17) is 0 Å². The van der Waals surface area contributed by atoms with Crippen molar-refractivity contribution in [3.63, 3.8) is 0 Å². The number of ether oxygens (including phenoxy) is 1. The van der Waals surface area contributed by atoms with Crippen LogP contribution in [0.2, 0.25) is 0 Å². The van der Waals surface area contributed by atoms with E-state index in [0.29, 0.717) is 5.69 Å². The summed E-state index contributed by atoms with van der Waals surface area (Å²) in [5.74, 6) is -1.43. The first-order chi connectivity index (χ1) is 11.2. The molecular formula is C18H13FN2O2. The fraction of sp³-hybridized carbons (Fsp3) is 0.0556. The summed E-state index contributed by atoms with van der Waals surface area (Å²) in [5.41, 5.74) is 3.17. The summed E-state index contributed by atoms with van der Waals surface area (Å²) in [7, 11) is 1.21. The number of pyridine rings is 2. The zero-order valence-corrected chi connectivity index (χ0v) is 12.4. The second-order valence-corrected chi connectivity index (χ2v) is 4.86. The molecular weight excluding hydrogens is 295 g/mol. The monoisotopic (exact) mass is 308 g/mol. The molecule has 0 fully saturated rings. The van der Waals surface area contributed by atoms with Gasteiger partial charge in [0.2, 0.25) is 0 Å². The molecule has 0 saturated carbocycles. The summed E-state index contributed by atoms with van der Waals surface area (Å²) in [6, 6.07) is 12.8. The molecule has 0 atom stereocenters. The van der Waals surface area contributed by atoms with Crippen molar-refractivity contribution < 1.29 is 13.9 Å². The van der Waals surface area contributed by atoms with Gasteiger partial charge in [0.05, 0.1) is 24.6 Å². The molecule has 0 radical (unpaired) electrons. The molecule has 0 bridgehead atoms. The second-order valence-electron chi connectivity index (χ2n) is 4.86. The maximum atomic E-state index is 13.6. The van der Waals surface area contributed by atoms with Gasteiger partial charge in [0, 0.05) is 18.0 Å². The van der Waals surface area contributed by atoms with E-state index in [1.54, 1.807) is 12.4 Å². The van der Waals surface area contributed by atoms with Crippen molar-refractivity contribution in [1.82, 2.24) is 9.97 Å². The molecule has 0 N–H and O–H groups in total. The standard InChI is InChI=1S/C18H13FN2O2/c1-23-18(22)15-9-17(21-11-16(15)19)13-6-4-12(5-7-13)14-3-2-8-20-10-14/h2-11H,1H3. The number of rotatable bonds is 3. The van der Waals surface area contributed by atoms with Gasteiger partial charge in [0.25, 0.3) is 0 Å². The number of hydrogen-bond donors (Lipinski definition) is 0. The summed E-state index contributed by atoms with van der Waals surface area (Å²) >= 11 is 0. The highest BCUT2D eigenvalue weighted by Crippen LogP contribution is 2.24. The number of esters is 1. The van der Waals surface area contributed by atoms with Crippen molar-refractivity contribution in [2.75, 3.05) is 7.11 Å². The van der Waals surface area contributed by atoms with Crippen LogP contribution in [0.25, 0.3) is 22.4 Å². The fourth-order valence-electron chi connectivity index (χ4n) is 2.23. The van der Waals surface area contributed by atoms with Gasteiger partial charge in [-0.15, -0.1) is 0 Å². The number of benzene rings is 1. The molecule has 3 aromatic rings. The Hall–Kier alpha value is -3.08. The minimum atomic E-state index is -0.724. The number of hydrogen-bond acceptors (Lipinski definition) is 4.